The lowest BCUT2D eigenvalue weighted by molar-refractivity contribution is -0.116. The molecule has 1 aliphatic heterocycles. The summed E-state index contributed by atoms with van der Waals surface area (Å²) >= 11 is 0. The minimum atomic E-state index is 0.0472. The number of H-pyrrole nitrogens is 1. The second kappa shape index (κ2) is 4.64. The molecule has 1 aromatic heterocycles. The average Bonchev–Trinajstić information content (AvgIpc) is 2.89. The lowest BCUT2D eigenvalue weighted by Crippen LogP contribution is -2.19. The van der Waals surface area contributed by atoms with Gasteiger partial charge in [-0.25, -0.2) is 0 Å². The molecule has 5 N–H and O–H groups in total. The van der Waals surface area contributed by atoms with Crippen LogP contribution in [-0.4, -0.2) is 16.1 Å². The third kappa shape index (κ3) is 2.37. The zero-order chi connectivity index (χ0) is 13.2. The Labute approximate surface area is 110 Å². The number of nitrogens with zero attached hydrogens (tertiary/aromatic N) is 1. The third-order valence-electron chi connectivity index (χ3n) is 3.21. The normalized spacial score (nSPS) is 13.8. The maximum Gasteiger partial charge on any atom is 0.224 e. The Hall–Kier alpha value is -2.50. The summed E-state index contributed by atoms with van der Waals surface area (Å²) in [6.45, 7) is 0.659. The fourth-order valence-electron chi connectivity index (χ4n) is 2.17. The van der Waals surface area contributed by atoms with E-state index in [1.54, 1.807) is 6.20 Å². The maximum absolute atomic E-state index is 11.3. The highest BCUT2D eigenvalue weighted by Crippen LogP contribution is 2.31. The van der Waals surface area contributed by atoms with Gasteiger partial charge in [-0.2, -0.15) is 5.10 Å². The van der Waals surface area contributed by atoms with Crippen LogP contribution < -0.4 is 16.4 Å². The number of carbonyl (C=O) groups excluding carboxylic acids is 1. The first-order valence-electron chi connectivity index (χ1n) is 6.16. The number of nitrogens with two attached hydrogens (primary N) is 1. The van der Waals surface area contributed by atoms with Crippen LogP contribution in [0.4, 0.5) is 17.1 Å². The summed E-state index contributed by atoms with van der Waals surface area (Å²) in [4.78, 5) is 11.3. The first-order chi connectivity index (χ1) is 9.22. The van der Waals surface area contributed by atoms with E-state index in [1.165, 1.54) is 0 Å². The van der Waals surface area contributed by atoms with Crippen LogP contribution in [-0.2, 0) is 17.8 Å². The first kappa shape index (κ1) is 11.6. The molecule has 0 atom stereocenters. The number of aromatic nitrogens is 2. The van der Waals surface area contributed by atoms with Crippen LogP contribution in [0.1, 0.15) is 17.5 Å². The van der Waals surface area contributed by atoms with Crippen LogP contribution in [0.15, 0.2) is 24.5 Å². The van der Waals surface area contributed by atoms with E-state index in [1.807, 2.05) is 18.3 Å². The summed E-state index contributed by atoms with van der Waals surface area (Å²) in [5.74, 6) is 0.0472. The number of carbonyl (C=O) groups is 1. The lowest BCUT2D eigenvalue weighted by atomic mass is 10.0. The Bertz CT molecular complexity index is 606. The monoisotopic (exact) mass is 257 g/mol. The predicted molar refractivity (Wildman–Crippen MR) is 73.7 cm³/mol. The fourth-order valence-corrected chi connectivity index (χ4v) is 2.17. The van der Waals surface area contributed by atoms with Crippen molar-refractivity contribution in [1.29, 1.82) is 0 Å². The molecule has 0 saturated carbocycles. The zero-order valence-corrected chi connectivity index (χ0v) is 10.4. The maximum atomic E-state index is 11.3. The molecule has 0 radical (unpaired) electrons. The van der Waals surface area contributed by atoms with E-state index in [-0.39, 0.29) is 5.91 Å². The summed E-state index contributed by atoms with van der Waals surface area (Å²) in [5, 5.41) is 12.8. The molecule has 0 spiro atoms. The summed E-state index contributed by atoms with van der Waals surface area (Å²) in [7, 11) is 0. The third-order valence-corrected chi connectivity index (χ3v) is 3.21. The quantitative estimate of drug-likeness (QED) is 0.626. The predicted octanol–water partition coefficient (Wildman–Crippen LogP) is 1.49. The largest absolute Gasteiger partial charge is 0.397 e. The molecular formula is C13H15N5O. The van der Waals surface area contributed by atoms with Gasteiger partial charge < -0.3 is 16.4 Å². The molecule has 1 aliphatic rings. The van der Waals surface area contributed by atoms with Gasteiger partial charge in [0.15, 0.2) is 0 Å². The van der Waals surface area contributed by atoms with Crippen LogP contribution in [0.3, 0.4) is 0 Å². The van der Waals surface area contributed by atoms with Gasteiger partial charge in [-0.1, -0.05) is 0 Å². The molecule has 3 rings (SSSR count). The molecule has 1 amide bonds. The molecule has 0 unspecified atom stereocenters. The van der Waals surface area contributed by atoms with Gasteiger partial charge >= 0.3 is 0 Å². The van der Waals surface area contributed by atoms with Gasteiger partial charge in [-0.05, 0) is 24.1 Å². The Morgan fingerprint density at radius 1 is 1.37 bits per heavy atom. The second-order valence-corrected chi connectivity index (χ2v) is 4.60. The van der Waals surface area contributed by atoms with Crippen LogP contribution in [0.25, 0.3) is 0 Å². The molecule has 2 aromatic rings. The number of hydrogen-bond donors (Lipinski definition) is 4. The number of benzene rings is 1. The van der Waals surface area contributed by atoms with E-state index >= 15 is 0 Å². The van der Waals surface area contributed by atoms with Gasteiger partial charge in [0, 0.05) is 30.4 Å². The second-order valence-electron chi connectivity index (χ2n) is 4.60. The number of nitrogens with one attached hydrogen (secondary N) is 3. The molecule has 2 heterocycles. The fraction of sp³-hybridized carbons (Fsp3) is 0.231. The molecule has 19 heavy (non-hydrogen) atoms. The molecule has 0 saturated heterocycles. The number of aromatic amines is 1. The van der Waals surface area contributed by atoms with Crippen LogP contribution in [0, 0.1) is 0 Å². The summed E-state index contributed by atoms with van der Waals surface area (Å²) < 4.78 is 0. The Morgan fingerprint density at radius 2 is 2.26 bits per heavy atom. The SMILES string of the molecule is Nc1cc2c(cc1NCc1cn[nH]c1)CCC(=O)N2. The number of anilines is 3. The van der Waals surface area contributed by atoms with Crippen molar-refractivity contribution < 1.29 is 4.79 Å². The van der Waals surface area contributed by atoms with E-state index < -0.39 is 0 Å². The topological polar surface area (TPSA) is 95.8 Å². The van der Waals surface area contributed by atoms with E-state index in [0.29, 0.717) is 18.7 Å². The number of rotatable bonds is 3. The highest BCUT2D eigenvalue weighted by molar-refractivity contribution is 5.95. The van der Waals surface area contributed by atoms with Crippen molar-refractivity contribution >= 4 is 23.0 Å². The molecular weight excluding hydrogens is 242 g/mol. The van der Waals surface area contributed by atoms with E-state index in [4.69, 9.17) is 5.73 Å². The van der Waals surface area contributed by atoms with Crippen molar-refractivity contribution in [3.05, 3.63) is 35.7 Å². The van der Waals surface area contributed by atoms with Gasteiger partial charge in [-0.15, -0.1) is 0 Å². The Balaban J connectivity index is 1.80. The highest BCUT2D eigenvalue weighted by atomic mass is 16.1. The minimum Gasteiger partial charge on any atom is -0.397 e. The van der Waals surface area contributed by atoms with Crippen molar-refractivity contribution in [3.63, 3.8) is 0 Å². The Kier molecular flexibility index (Phi) is 2.83. The van der Waals surface area contributed by atoms with E-state index in [0.717, 1.165) is 28.9 Å². The first-order valence-corrected chi connectivity index (χ1v) is 6.16. The average molecular weight is 257 g/mol. The van der Waals surface area contributed by atoms with Gasteiger partial charge in [0.1, 0.15) is 0 Å². The van der Waals surface area contributed by atoms with Gasteiger partial charge in [0.05, 0.1) is 17.6 Å². The molecule has 98 valence electrons. The van der Waals surface area contributed by atoms with Crippen molar-refractivity contribution in [2.75, 3.05) is 16.4 Å². The molecule has 0 bridgehead atoms. The summed E-state index contributed by atoms with van der Waals surface area (Å²) in [5.41, 5.74) is 10.5. The minimum absolute atomic E-state index is 0.0472. The molecule has 6 nitrogen and oxygen atoms in total. The van der Waals surface area contributed by atoms with E-state index in [9.17, 15) is 4.79 Å². The lowest BCUT2D eigenvalue weighted by Gasteiger charge is -2.19. The van der Waals surface area contributed by atoms with E-state index in [2.05, 4.69) is 20.8 Å². The molecule has 0 aliphatic carbocycles. The number of fused-ring (bicyclic) bond motifs is 1. The zero-order valence-electron chi connectivity index (χ0n) is 10.4. The van der Waals surface area contributed by atoms with Crippen LogP contribution >= 0.6 is 0 Å². The number of nitrogen functional groups attached to an aromatic ring is 1. The number of amides is 1. The van der Waals surface area contributed by atoms with Crippen molar-refractivity contribution in [1.82, 2.24) is 10.2 Å². The molecule has 0 fully saturated rings. The summed E-state index contributed by atoms with van der Waals surface area (Å²) in [6.07, 6.45) is 4.88. The number of hydrogen-bond acceptors (Lipinski definition) is 4. The highest BCUT2D eigenvalue weighted by Gasteiger charge is 2.16. The van der Waals surface area contributed by atoms with Crippen molar-refractivity contribution in [2.45, 2.75) is 19.4 Å². The summed E-state index contributed by atoms with van der Waals surface area (Å²) in [6, 6.07) is 3.81. The smallest absolute Gasteiger partial charge is 0.224 e. The molecule has 6 heteroatoms. The Morgan fingerprint density at radius 3 is 3.05 bits per heavy atom. The standard InChI is InChI=1S/C13H15N5O/c14-10-4-11-9(1-2-13(19)18-11)3-12(10)15-5-8-6-16-17-7-8/h3-4,6-7,15H,1-2,5,14H2,(H,16,17)(H,18,19). The van der Waals surface area contributed by atoms with Crippen LogP contribution in [0.2, 0.25) is 0 Å². The van der Waals surface area contributed by atoms with Crippen LogP contribution in [0.5, 0.6) is 0 Å². The van der Waals surface area contributed by atoms with Gasteiger partial charge in [0.25, 0.3) is 0 Å². The number of aryl methyl sites for hydroxylation is 1. The molecule has 1 aromatic carbocycles. The van der Waals surface area contributed by atoms with Gasteiger partial charge in [-0.3, -0.25) is 9.89 Å². The van der Waals surface area contributed by atoms with Crippen molar-refractivity contribution in [3.8, 4) is 0 Å². The van der Waals surface area contributed by atoms with Gasteiger partial charge in [0.2, 0.25) is 5.91 Å². The van der Waals surface area contributed by atoms with Crippen molar-refractivity contribution in [2.24, 2.45) is 0 Å².